The quantitative estimate of drug-likeness (QED) is 0.0261. The summed E-state index contributed by atoms with van der Waals surface area (Å²) in [7, 11) is 0. The first-order valence-electron chi connectivity index (χ1n) is 29.4. The summed E-state index contributed by atoms with van der Waals surface area (Å²) in [5.74, 6) is -0.141. The Hall–Kier alpha value is -1.07. The zero-order chi connectivity index (χ0) is 48.7. The van der Waals surface area contributed by atoms with Crippen LogP contribution in [0.2, 0.25) is 0 Å². The Morgan fingerprint density at radius 1 is 0.493 bits per heavy atom. The van der Waals surface area contributed by atoms with E-state index >= 15 is 0 Å². The van der Waals surface area contributed by atoms with Crippen molar-refractivity contribution in [2.75, 3.05) is 13.2 Å². The van der Waals surface area contributed by atoms with Crippen LogP contribution in [0.25, 0.3) is 0 Å². The van der Waals surface area contributed by atoms with E-state index in [1.54, 1.807) is 0 Å². The van der Waals surface area contributed by atoms with E-state index in [9.17, 15) is 30.3 Å². The lowest BCUT2D eigenvalue weighted by Gasteiger charge is -2.40. The number of aliphatic hydroxyl groups is 5. The highest BCUT2D eigenvalue weighted by Gasteiger charge is 2.44. The third-order valence-corrected chi connectivity index (χ3v) is 14.4. The highest BCUT2D eigenvalue weighted by molar-refractivity contribution is 5.76. The van der Waals surface area contributed by atoms with E-state index in [0.717, 1.165) is 38.5 Å². The Morgan fingerprint density at radius 2 is 0.836 bits per heavy atom. The van der Waals surface area contributed by atoms with Crippen molar-refractivity contribution < 1.29 is 39.8 Å². The van der Waals surface area contributed by atoms with E-state index in [1.807, 2.05) is 0 Å². The predicted molar refractivity (Wildman–Crippen MR) is 281 cm³/mol. The van der Waals surface area contributed by atoms with Gasteiger partial charge in [0.05, 0.1) is 25.4 Å². The van der Waals surface area contributed by atoms with Gasteiger partial charge >= 0.3 is 0 Å². The van der Waals surface area contributed by atoms with Crippen LogP contribution in [-0.4, -0.2) is 87.5 Å². The molecule has 9 nitrogen and oxygen atoms in total. The second-order valence-electron chi connectivity index (χ2n) is 20.8. The van der Waals surface area contributed by atoms with Crippen molar-refractivity contribution in [3.8, 4) is 0 Å². The van der Waals surface area contributed by atoms with E-state index in [1.165, 1.54) is 231 Å². The van der Waals surface area contributed by atoms with E-state index in [4.69, 9.17) is 9.47 Å². The molecule has 1 amide bonds. The number of ether oxygens (including phenoxy) is 2. The Kier molecular flexibility index (Phi) is 46.3. The van der Waals surface area contributed by atoms with Crippen LogP contribution in [0.15, 0.2) is 12.2 Å². The summed E-state index contributed by atoms with van der Waals surface area (Å²) >= 11 is 0. The molecular formula is C58H113NO8. The summed E-state index contributed by atoms with van der Waals surface area (Å²) in [6.07, 6.45) is 52.9. The SMILES string of the molecule is CCCCCCCCCC/C=C\CCCCCCCCCCCCCCCCCCCCCCCCCC(=O)NC(COC1OC(CO)C(O)C(O)C1O)C(O)CCCCCCCCCCC. The molecule has 6 N–H and O–H groups in total. The van der Waals surface area contributed by atoms with Gasteiger partial charge in [0.25, 0.3) is 0 Å². The first-order chi connectivity index (χ1) is 32.8. The minimum absolute atomic E-state index is 0.133. The first kappa shape index (κ1) is 63.9. The van der Waals surface area contributed by atoms with Crippen LogP contribution in [0.3, 0.4) is 0 Å². The number of unbranched alkanes of at least 4 members (excludes halogenated alkanes) is 39. The summed E-state index contributed by atoms with van der Waals surface area (Å²) in [5, 5.41) is 54.4. The van der Waals surface area contributed by atoms with Crippen molar-refractivity contribution in [1.82, 2.24) is 5.32 Å². The van der Waals surface area contributed by atoms with Crippen LogP contribution in [0.5, 0.6) is 0 Å². The number of nitrogens with one attached hydrogen (secondary N) is 1. The van der Waals surface area contributed by atoms with Gasteiger partial charge in [-0.25, -0.2) is 0 Å². The molecule has 1 saturated heterocycles. The van der Waals surface area contributed by atoms with Crippen LogP contribution < -0.4 is 5.32 Å². The summed E-state index contributed by atoms with van der Waals surface area (Å²) in [6.45, 7) is 3.83. The number of allylic oxidation sites excluding steroid dienone is 2. The molecule has 7 unspecified atom stereocenters. The molecule has 7 atom stereocenters. The zero-order valence-corrected chi connectivity index (χ0v) is 44.2. The van der Waals surface area contributed by atoms with Gasteiger partial charge < -0.3 is 40.3 Å². The van der Waals surface area contributed by atoms with Crippen molar-refractivity contribution >= 4 is 5.91 Å². The molecule has 1 fully saturated rings. The average molecular weight is 953 g/mol. The second kappa shape index (κ2) is 48.6. The predicted octanol–water partition coefficient (Wildman–Crippen LogP) is 14.4. The topological polar surface area (TPSA) is 149 Å². The van der Waals surface area contributed by atoms with Crippen molar-refractivity contribution in [2.24, 2.45) is 0 Å². The molecule has 0 saturated carbocycles. The molecular weight excluding hydrogens is 839 g/mol. The summed E-state index contributed by atoms with van der Waals surface area (Å²) in [6, 6.07) is -0.712. The van der Waals surface area contributed by atoms with Gasteiger partial charge in [0, 0.05) is 6.42 Å². The first-order valence-corrected chi connectivity index (χ1v) is 29.4. The standard InChI is InChI=1S/C58H113NO8/c1-3-5-7-9-11-13-14-15-16-17-18-19-20-21-22-23-24-25-26-27-28-29-30-31-32-33-34-35-36-37-38-40-42-44-46-48-54(62)59-51(52(61)47-45-43-41-39-12-10-8-6-4-2)50-66-58-57(65)56(64)55(63)53(49-60)67-58/h17-18,51-53,55-58,60-61,63-65H,3-16,19-50H2,1-2H3,(H,59,62)/b18-17-. The Morgan fingerprint density at radius 3 is 1.21 bits per heavy atom. The zero-order valence-electron chi connectivity index (χ0n) is 44.2. The maximum atomic E-state index is 13.0. The third-order valence-electron chi connectivity index (χ3n) is 14.4. The monoisotopic (exact) mass is 952 g/mol. The molecule has 9 heteroatoms. The fourth-order valence-electron chi connectivity index (χ4n) is 9.69. The number of rotatable bonds is 51. The summed E-state index contributed by atoms with van der Waals surface area (Å²) in [4.78, 5) is 13.0. The van der Waals surface area contributed by atoms with Crippen molar-refractivity contribution in [3.63, 3.8) is 0 Å². The van der Waals surface area contributed by atoms with E-state index in [2.05, 4.69) is 31.3 Å². The lowest BCUT2D eigenvalue weighted by molar-refractivity contribution is -0.302. The van der Waals surface area contributed by atoms with Crippen molar-refractivity contribution in [1.29, 1.82) is 0 Å². The van der Waals surface area contributed by atoms with Crippen molar-refractivity contribution in [2.45, 2.75) is 339 Å². The number of amides is 1. The van der Waals surface area contributed by atoms with Crippen LogP contribution in [0, 0.1) is 0 Å². The van der Waals surface area contributed by atoms with Gasteiger partial charge in [-0.15, -0.1) is 0 Å². The Bertz CT molecular complexity index is 1060. The normalized spacial score (nSPS) is 19.7. The minimum Gasteiger partial charge on any atom is -0.394 e. The highest BCUT2D eigenvalue weighted by Crippen LogP contribution is 2.23. The average Bonchev–Trinajstić information content (AvgIpc) is 3.33. The van der Waals surface area contributed by atoms with Gasteiger partial charge in [-0.1, -0.05) is 264 Å². The molecule has 0 aliphatic carbocycles. The number of hydrogen-bond acceptors (Lipinski definition) is 8. The fourth-order valence-corrected chi connectivity index (χ4v) is 9.69. The molecule has 0 spiro atoms. The summed E-state index contributed by atoms with van der Waals surface area (Å²) < 4.78 is 11.3. The fraction of sp³-hybridized carbons (Fsp3) is 0.948. The molecule has 1 aliphatic heterocycles. The molecule has 0 radical (unpaired) electrons. The minimum atomic E-state index is -1.55. The molecule has 1 aliphatic rings. The maximum Gasteiger partial charge on any atom is 0.220 e. The van der Waals surface area contributed by atoms with E-state index in [-0.39, 0.29) is 12.5 Å². The molecule has 1 heterocycles. The van der Waals surface area contributed by atoms with Gasteiger partial charge in [0.1, 0.15) is 24.4 Å². The van der Waals surface area contributed by atoms with Gasteiger partial charge in [-0.05, 0) is 38.5 Å². The van der Waals surface area contributed by atoms with Crippen LogP contribution in [0.4, 0.5) is 0 Å². The van der Waals surface area contributed by atoms with Gasteiger partial charge in [0.15, 0.2) is 6.29 Å². The van der Waals surface area contributed by atoms with Gasteiger partial charge in [0.2, 0.25) is 5.91 Å². The molecule has 0 bridgehead atoms. The summed E-state index contributed by atoms with van der Waals surface area (Å²) in [5.41, 5.74) is 0. The molecule has 398 valence electrons. The molecule has 1 rings (SSSR count). The molecule has 0 aromatic heterocycles. The van der Waals surface area contributed by atoms with Crippen LogP contribution >= 0.6 is 0 Å². The van der Waals surface area contributed by atoms with Gasteiger partial charge in [-0.2, -0.15) is 0 Å². The molecule has 0 aromatic rings. The lowest BCUT2D eigenvalue weighted by atomic mass is 9.99. The van der Waals surface area contributed by atoms with Gasteiger partial charge in [-0.3, -0.25) is 4.79 Å². The number of carbonyl (C=O) groups is 1. The van der Waals surface area contributed by atoms with E-state index < -0.39 is 49.5 Å². The van der Waals surface area contributed by atoms with Crippen LogP contribution in [0.1, 0.15) is 296 Å². The smallest absolute Gasteiger partial charge is 0.220 e. The third kappa shape index (κ3) is 38.3. The second-order valence-corrected chi connectivity index (χ2v) is 20.8. The number of carbonyl (C=O) groups excluding carboxylic acids is 1. The largest absolute Gasteiger partial charge is 0.394 e. The Labute approximate surface area is 414 Å². The highest BCUT2D eigenvalue weighted by atomic mass is 16.7. The number of hydrogen-bond donors (Lipinski definition) is 6. The van der Waals surface area contributed by atoms with E-state index in [0.29, 0.717) is 12.8 Å². The van der Waals surface area contributed by atoms with Crippen molar-refractivity contribution in [3.05, 3.63) is 12.2 Å². The molecule has 0 aromatic carbocycles. The lowest BCUT2D eigenvalue weighted by Crippen LogP contribution is -2.60. The maximum absolute atomic E-state index is 13.0. The number of aliphatic hydroxyl groups excluding tert-OH is 5. The van der Waals surface area contributed by atoms with Crippen LogP contribution in [-0.2, 0) is 14.3 Å². The Balaban J connectivity index is 2.01. The molecule has 67 heavy (non-hydrogen) atoms.